The van der Waals surface area contributed by atoms with Crippen molar-refractivity contribution in [2.24, 2.45) is 10.2 Å². The zero-order valence-electron chi connectivity index (χ0n) is 14.3. The highest BCUT2D eigenvalue weighted by molar-refractivity contribution is 5.95. The number of para-hydroxylation sites is 2. The number of amides is 1. The summed E-state index contributed by atoms with van der Waals surface area (Å²) in [6.45, 7) is 2.16. The largest absolute Gasteiger partial charge is 0.493 e. The van der Waals surface area contributed by atoms with Crippen molar-refractivity contribution in [1.29, 1.82) is 0 Å². The third kappa shape index (κ3) is 3.42. The summed E-state index contributed by atoms with van der Waals surface area (Å²) in [6.07, 6.45) is 5.36. The molecule has 0 unspecified atom stereocenters. The lowest BCUT2D eigenvalue weighted by Crippen LogP contribution is -2.11. The van der Waals surface area contributed by atoms with Gasteiger partial charge in [-0.1, -0.05) is 42.3 Å². The second-order valence-electron chi connectivity index (χ2n) is 5.74. The normalized spacial score (nSPS) is 10.9. The number of nitrogens with one attached hydrogen (secondary N) is 1. The topological polar surface area (TPSA) is 79.0 Å². The number of carbonyl (C=O) groups is 1. The number of benzene rings is 2. The molecule has 0 spiro atoms. The Morgan fingerprint density at radius 1 is 1.23 bits per heavy atom. The Morgan fingerprint density at radius 2 is 1.96 bits per heavy atom. The van der Waals surface area contributed by atoms with E-state index in [0.29, 0.717) is 5.39 Å². The van der Waals surface area contributed by atoms with E-state index in [9.17, 15) is 9.90 Å². The lowest BCUT2D eigenvalue weighted by molar-refractivity contribution is -0.116. The number of rotatable bonds is 5. The van der Waals surface area contributed by atoms with Crippen LogP contribution in [0.1, 0.15) is 5.56 Å². The fraction of sp³-hybridized carbons (Fsp3) is 0.150. The molecule has 0 saturated carbocycles. The van der Waals surface area contributed by atoms with Gasteiger partial charge in [-0.05, 0) is 24.6 Å². The van der Waals surface area contributed by atoms with Crippen molar-refractivity contribution in [2.45, 2.75) is 13.5 Å². The fourth-order valence-corrected chi connectivity index (χ4v) is 2.70. The lowest BCUT2D eigenvalue weighted by Gasteiger charge is -2.06. The average Bonchev–Trinajstić information content (AvgIpc) is 2.91. The van der Waals surface area contributed by atoms with Crippen molar-refractivity contribution in [1.82, 2.24) is 4.57 Å². The molecule has 6 nitrogen and oxygen atoms in total. The molecule has 2 aromatic carbocycles. The standard InChI is InChI=1S/C20H18N4O2/c1-3-12-24-17-11-7-5-9-15(17)19(20(24)26)23-22-18(25)13-21-16-10-6-4-8-14(16)2/h1,4-11,21,26H,12-13H2,2H3. The highest BCUT2D eigenvalue weighted by Gasteiger charge is 2.16. The molecule has 0 bridgehead atoms. The van der Waals surface area contributed by atoms with E-state index in [-0.39, 0.29) is 24.7 Å². The molecule has 2 N–H and O–H groups in total. The first kappa shape index (κ1) is 17.2. The summed E-state index contributed by atoms with van der Waals surface area (Å²) < 4.78 is 1.56. The van der Waals surface area contributed by atoms with Crippen LogP contribution in [0, 0.1) is 19.3 Å². The quantitative estimate of drug-likeness (QED) is 0.541. The van der Waals surface area contributed by atoms with Crippen LogP contribution < -0.4 is 5.32 Å². The van der Waals surface area contributed by atoms with Gasteiger partial charge in [0.25, 0.3) is 5.91 Å². The number of hydrogen-bond acceptors (Lipinski definition) is 4. The van der Waals surface area contributed by atoms with E-state index in [1.165, 1.54) is 0 Å². The summed E-state index contributed by atoms with van der Waals surface area (Å²) in [5, 5.41) is 21.8. The van der Waals surface area contributed by atoms with Gasteiger partial charge in [0.1, 0.15) is 0 Å². The number of terminal acetylenes is 1. The van der Waals surface area contributed by atoms with Crippen LogP contribution in [0.3, 0.4) is 0 Å². The summed E-state index contributed by atoms with van der Waals surface area (Å²) in [6, 6.07) is 14.9. The third-order valence-electron chi connectivity index (χ3n) is 4.00. The van der Waals surface area contributed by atoms with Crippen LogP contribution in [0.4, 0.5) is 11.4 Å². The average molecular weight is 346 g/mol. The zero-order valence-corrected chi connectivity index (χ0v) is 14.3. The second-order valence-corrected chi connectivity index (χ2v) is 5.74. The van der Waals surface area contributed by atoms with Gasteiger partial charge in [0.05, 0.1) is 18.6 Å². The summed E-state index contributed by atoms with van der Waals surface area (Å²) in [5.41, 5.74) is 2.87. The van der Waals surface area contributed by atoms with Gasteiger partial charge < -0.3 is 10.4 Å². The predicted octanol–water partition coefficient (Wildman–Crippen LogP) is 4.01. The number of hydrogen-bond donors (Lipinski definition) is 2. The van der Waals surface area contributed by atoms with Gasteiger partial charge in [0.2, 0.25) is 5.88 Å². The van der Waals surface area contributed by atoms with Crippen LogP contribution in [-0.4, -0.2) is 22.1 Å². The molecule has 3 aromatic rings. The van der Waals surface area contributed by atoms with Crippen molar-refractivity contribution >= 4 is 28.2 Å². The van der Waals surface area contributed by atoms with E-state index in [4.69, 9.17) is 6.42 Å². The number of nitrogens with zero attached hydrogens (tertiary/aromatic N) is 3. The molecule has 0 saturated heterocycles. The number of fused-ring (bicyclic) bond motifs is 1. The molecular weight excluding hydrogens is 328 g/mol. The van der Waals surface area contributed by atoms with Gasteiger partial charge in [-0.15, -0.1) is 16.7 Å². The van der Waals surface area contributed by atoms with E-state index in [2.05, 4.69) is 21.5 Å². The minimum Gasteiger partial charge on any atom is -0.493 e. The molecule has 6 heteroatoms. The highest BCUT2D eigenvalue weighted by atomic mass is 16.3. The van der Waals surface area contributed by atoms with Crippen LogP contribution in [0.25, 0.3) is 10.9 Å². The Labute approximate surface area is 151 Å². The molecule has 1 heterocycles. The molecule has 1 aromatic heterocycles. The Bertz CT molecular complexity index is 1030. The Morgan fingerprint density at radius 3 is 2.73 bits per heavy atom. The SMILES string of the molecule is C#CCn1c(O)c(N=NC(=O)CNc2ccccc2C)c2ccccc21. The molecule has 0 atom stereocenters. The number of aromatic nitrogens is 1. The summed E-state index contributed by atoms with van der Waals surface area (Å²) in [4.78, 5) is 12.0. The number of aryl methyl sites for hydroxylation is 1. The van der Waals surface area contributed by atoms with Gasteiger partial charge in [-0.3, -0.25) is 9.36 Å². The maximum Gasteiger partial charge on any atom is 0.283 e. The van der Waals surface area contributed by atoms with Gasteiger partial charge in [-0.25, -0.2) is 0 Å². The Balaban J connectivity index is 1.80. The molecule has 0 fully saturated rings. The summed E-state index contributed by atoms with van der Waals surface area (Å²) in [5.74, 6) is 1.95. The van der Waals surface area contributed by atoms with Gasteiger partial charge in [0, 0.05) is 11.1 Å². The van der Waals surface area contributed by atoms with E-state index in [0.717, 1.165) is 16.8 Å². The van der Waals surface area contributed by atoms with E-state index in [1.807, 2.05) is 49.4 Å². The van der Waals surface area contributed by atoms with Crippen LogP contribution >= 0.6 is 0 Å². The minimum atomic E-state index is -0.443. The zero-order chi connectivity index (χ0) is 18.5. The lowest BCUT2D eigenvalue weighted by atomic mass is 10.2. The molecule has 3 rings (SSSR count). The number of azo groups is 1. The van der Waals surface area contributed by atoms with Crippen molar-refractivity contribution in [2.75, 3.05) is 11.9 Å². The fourth-order valence-electron chi connectivity index (χ4n) is 2.70. The first-order chi connectivity index (χ1) is 12.6. The molecule has 1 amide bonds. The maximum atomic E-state index is 12.0. The summed E-state index contributed by atoms with van der Waals surface area (Å²) in [7, 11) is 0. The molecule has 0 radical (unpaired) electrons. The molecule has 0 aliphatic carbocycles. The van der Waals surface area contributed by atoms with E-state index < -0.39 is 5.91 Å². The number of aromatic hydroxyl groups is 1. The Hall–Kier alpha value is -3.59. The van der Waals surface area contributed by atoms with Crippen molar-refractivity contribution in [3.8, 4) is 18.2 Å². The number of carbonyl (C=O) groups excluding carboxylic acids is 1. The molecular formula is C20H18N4O2. The van der Waals surface area contributed by atoms with Crippen molar-refractivity contribution in [3.05, 3.63) is 54.1 Å². The Kier molecular flexibility index (Phi) is 4.99. The minimum absolute atomic E-state index is 0.0120. The summed E-state index contributed by atoms with van der Waals surface area (Å²) >= 11 is 0. The first-order valence-electron chi connectivity index (χ1n) is 8.09. The van der Waals surface area contributed by atoms with Crippen LogP contribution in [0.2, 0.25) is 0 Å². The van der Waals surface area contributed by atoms with Gasteiger partial charge in [0.15, 0.2) is 5.69 Å². The van der Waals surface area contributed by atoms with E-state index in [1.54, 1.807) is 10.6 Å². The number of anilines is 1. The van der Waals surface area contributed by atoms with Crippen LogP contribution in [0.15, 0.2) is 58.8 Å². The smallest absolute Gasteiger partial charge is 0.283 e. The molecule has 0 aliphatic heterocycles. The van der Waals surface area contributed by atoms with E-state index >= 15 is 0 Å². The van der Waals surface area contributed by atoms with Crippen molar-refractivity contribution < 1.29 is 9.90 Å². The highest BCUT2D eigenvalue weighted by Crippen LogP contribution is 2.38. The third-order valence-corrected chi connectivity index (χ3v) is 4.00. The van der Waals surface area contributed by atoms with Crippen molar-refractivity contribution in [3.63, 3.8) is 0 Å². The molecule has 130 valence electrons. The molecule has 0 aliphatic rings. The maximum absolute atomic E-state index is 12.0. The predicted molar refractivity (Wildman–Crippen MR) is 102 cm³/mol. The van der Waals surface area contributed by atoms with Gasteiger partial charge >= 0.3 is 0 Å². The second kappa shape index (κ2) is 7.53. The van der Waals surface area contributed by atoms with Gasteiger partial charge in [-0.2, -0.15) is 0 Å². The monoisotopic (exact) mass is 346 g/mol. The van der Waals surface area contributed by atoms with Crippen LogP contribution in [0.5, 0.6) is 5.88 Å². The van der Waals surface area contributed by atoms with Crippen LogP contribution in [-0.2, 0) is 11.3 Å². The first-order valence-corrected chi connectivity index (χ1v) is 8.09. The molecule has 26 heavy (non-hydrogen) atoms.